The topological polar surface area (TPSA) is 101 Å². The van der Waals surface area contributed by atoms with Crippen LogP contribution in [-0.2, 0) is 11.0 Å². The molecular formula is C17H18F3N5O3. The zero-order valence-corrected chi connectivity index (χ0v) is 14.8. The van der Waals surface area contributed by atoms with E-state index in [9.17, 15) is 22.8 Å². The number of halogens is 3. The molecule has 150 valence electrons. The van der Waals surface area contributed by atoms with Crippen molar-refractivity contribution >= 4 is 11.9 Å². The molecule has 1 amide bonds. The number of carboxylic acid groups (broad SMARTS) is 1. The first kappa shape index (κ1) is 19.8. The predicted octanol–water partition coefficient (Wildman–Crippen LogP) is 2.54. The fourth-order valence-corrected chi connectivity index (χ4v) is 3.17. The molecule has 0 aliphatic carbocycles. The van der Waals surface area contributed by atoms with Crippen molar-refractivity contribution in [2.24, 2.45) is 0 Å². The molecule has 0 aromatic carbocycles. The van der Waals surface area contributed by atoms with E-state index in [-0.39, 0.29) is 29.9 Å². The third-order valence-corrected chi connectivity index (χ3v) is 4.60. The number of alkyl halides is 3. The molecule has 28 heavy (non-hydrogen) atoms. The maximum absolute atomic E-state index is 12.8. The molecule has 11 heteroatoms. The average molecular weight is 397 g/mol. The molecule has 3 heterocycles. The zero-order valence-electron chi connectivity index (χ0n) is 14.8. The minimum absolute atomic E-state index is 0.0311. The summed E-state index contributed by atoms with van der Waals surface area (Å²) in [6, 6.07) is 1.83. The Morgan fingerprint density at radius 1 is 1.25 bits per heavy atom. The Balaban J connectivity index is 1.75. The van der Waals surface area contributed by atoms with Gasteiger partial charge in [0.15, 0.2) is 11.5 Å². The Bertz CT molecular complexity index is 850. The van der Waals surface area contributed by atoms with Crippen molar-refractivity contribution in [2.75, 3.05) is 6.54 Å². The second-order valence-electron chi connectivity index (χ2n) is 6.53. The minimum Gasteiger partial charge on any atom is -0.481 e. The summed E-state index contributed by atoms with van der Waals surface area (Å²) in [5.74, 6) is -1.20. The van der Waals surface area contributed by atoms with Crippen molar-refractivity contribution in [1.82, 2.24) is 24.9 Å². The summed E-state index contributed by atoms with van der Waals surface area (Å²) in [4.78, 5) is 28.9. The molecule has 2 aromatic rings. The van der Waals surface area contributed by atoms with Crippen LogP contribution in [-0.4, -0.2) is 54.4 Å². The van der Waals surface area contributed by atoms with E-state index in [0.717, 1.165) is 29.7 Å². The van der Waals surface area contributed by atoms with E-state index in [1.807, 2.05) is 0 Å². The van der Waals surface area contributed by atoms with E-state index in [1.54, 1.807) is 4.90 Å². The van der Waals surface area contributed by atoms with Crippen LogP contribution in [0.3, 0.4) is 0 Å². The lowest BCUT2D eigenvalue weighted by molar-refractivity contribution is -0.138. The van der Waals surface area contributed by atoms with Gasteiger partial charge in [0.05, 0.1) is 11.8 Å². The van der Waals surface area contributed by atoms with Gasteiger partial charge in [-0.05, 0) is 37.8 Å². The summed E-state index contributed by atoms with van der Waals surface area (Å²) in [6.07, 6.45) is 0.264. The lowest BCUT2D eigenvalue weighted by Gasteiger charge is -2.35. The highest BCUT2D eigenvalue weighted by atomic mass is 19.4. The van der Waals surface area contributed by atoms with Gasteiger partial charge in [-0.1, -0.05) is 5.21 Å². The molecule has 2 aromatic heterocycles. The first-order valence-electron chi connectivity index (χ1n) is 8.74. The van der Waals surface area contributed by atoms with Crippen molar-refractivity contribution in [3.63, 3.8) is 0 Å². The van der Waals surface area contributed by atoms with Crippen LogP contribution in [0.15, 0.2) is 24.5 Å². The molecule has 1 unspecified atom stereocenters. The van der Waals surface area contributed by atoms with Crippen LogP contribution in [0, 0.1) is 0 Å². The fraction of sp³-hybridized carbons (Fsp3) is 0.471. The maximum atomic E-state index is 12.8. The number of carbonyl (C=O) groups excluding carboxylic acids is 1. The summed E-state index contributed by atoms with van der Waals surface area (Å²) in [7, 11) is 0. The van der Waals surface area contributed by atoms with E-state index >= 15 is 0 Å². The number of nitrogens with zero attached hydrogens (tertiary/aromatic N) is 5. The predicted molar refractivity (Wildman–Crippen MR) is 89.7 cm³/mol. The number of piperidine rings is 1. The molecule has 1 N–H and O–H groups in total. The van der Waals surface area contributed by atoms with Gasteiger partial charge in [0, 0.05) is 25.2 Å². The van der Waals surface area contributed by atoms with Gasteiger partial charge in [0.25, 0.3) is 5.91 Å². The molecule has 0 bridgehead atoms. The van der Waals surface area contributed by atoms with Crippen LogP contribution in [0.25, 0.3) is 5.82 Å². The van der Waals surface area contributed by atoms with Crippen molar-refractivity contribution in [3.05, 3.63) is 35.8 Å². The molecule has 0 radical (unpaired) electrons. The van der Waals surface area contributed by atoms with Gasteiger partial charge in [-0.2, -0.15) is 13.2 Å². The molecule has 0 spiro atoms. The summed E-state index contributed by atoms with van der Waals surface area (Å²) >= 11 is 0. The van der Waals surface area contributed by atoms with Crippen LogP contribution in [0.1, 0.15) is 48.2 Å². The van der Waals surface area contributed by atoms with E-state index in [4.69, 9.17) is 5.11 Å². The number of hydrogen-bond acceptors (Lipinski definition) is 5. The highest BCUT2D eigenvalue weighted by molar-refractivity contribution is 5.92. The van der Waals surface area contributed by atoms with Crippen LogP contribution in [0.4, 0.5) is 13.2 Å². The van der Waals surface area contributed by atoms with Gasteiger partial charge in [0.2, 0.25) is 0 Å². The lowest BCUT2D eigenvalue weighted by atomic mass is 9.97. The molecular weight excluding hydrogens is 379 g/mol. The highest BCUT2D eigenvalue weighted by Gasteiger charge is 2.31. The Kier molecular flexibility index (Phi) is 5.61. The summed E-state index contributed by atoms with van der Waals surface area (Å²) in [5.41, 5.74) is -0.855. The number of carboxylic acids is 1. The normalized spacial score (nSPS) is 17.5. The summed E-state index contributed by atoms with van der Waals surface area (Å²) in [5, 5.41) is 16.5. The molecule has 8 nitrogen and oxygen atoms in total. The standard InChI is InChI=1S/C17H18F3N5O3/c18-17(19,20)11-4-6-14(21-9-11)25-10-13(22-23-25)16(28)24-8-2-1-3-12(24)5-7-15(26)27/h4,6,9-10,12H,1-3,5,7-8H2,(H,26,27). The summed E-state index contributed by atoms with van der Waals surface area (Å²) in [6.45, 7) is 0.495. The van der Waals surface area contributed by atoms with Gasteiger partial charge in [0.1, 0.15) is 0 Å². The van der Waals surface area contributed by atoms with E-state index in [0.29, 0.717) is 25.6 Å². The first-order chi connectivity index (χ1) is 13.3. The van der Waals surface area contributed by atoms with Gasteiger partial charge < -0.3 is 10.0 Å². The maximum Gasteiger partial charge on any atom is 0.417 e. The molecule has 0 saturated carbocycles. The van der Waals surface area contributed by atoms with Crippen LogP contribution in [0.5, 0.6) is 0 Å². The van der Waals surface area contributed by atoms with Gasteiger partial charge in [-0.3, -0.25) is 9.59 Å². The number of pyridine rings is 1. The van der Waals surface area contributed by atoms with Crippen LogP contribution < -0.4 is 0 Å². The quantitative estimate of drug-likeness (QED) is 0.832. The molecule has 1 atom stereocenters. The number of aromatic nitrogens is 4. The molecule has 1 saturated heterocycles. The lowest BCUT2D eigenvalue weighted by Crippen LogP contribution is -2.44. The average Bonchev–Trinajstić information content (AvgIpc) is 3.15. The van der Waals surface area contributed by atoms with Gasteiger partial charge in [-0.15, -0.1) is 5.10 Å². The highest BCUT2D eigenvalue weighted by Crippen LogP contribution is 2.28. The number of rotatable bonds is 5. The van der Waals surface area contributed by atoms with Crippen molar-refractivity contribution in [3.8, 4) is 5.82 Å². The van der Waals surface area contributed by atoms with Crippen molar-refractivity contribution < 1.29 is 27.9 Å². The Labute approximate surface area is 158 Å². The second kappa shape index (κ2) is 7.95. The third-order valence-electron chi connectivity index (χ3n) is 4.60. The van der Waals surface area contributed by atoms with E-state index < -0.39 is 17.7 Å². The smallest absolute Gasteiger partial charge is 0.417 e. The second-order valence-corrected chi connectivity index (χ2v) is 6.53. The van der Waals surface area contributed by atoms with Crippen LogP contribution >= 0.6 is 0 Å². The Morgan fingerprint density at radius 3 is 2.68 bits per heavy atom. The molecule has 1 aliphatic heterocycles. The number of carbonyl (C=O) groups is 2. The number of likely N-dealkylation sites (tertiary alicyclic amines) is 1. The van der Waals surface area contributed by atoms with Crippen molar-refractivity contribution in [1.29, 1.82) is 0 Å². The molecule has 1 fully saturated rings. The van der Waals surface area contributed by atoms with Crippen molar-refractivity contribution in [2.45, 2.75) is 44.3 Å². The van der Waals surface area contributed by atoms with E-state index in [2.05, 4.69) is 15.3 Å². The zero-order chi connectivity index (χ0) is 20.3. The fourth-order valence-electron chi connectivity index (χ4n) is 3.17. The monoisotopic (exact) mass is 397 g/mol. The van der Waals surface area contributed by atoms with Crippen LogP contribution in [0.2, 0.25) is 0 Å². The largest absolute Gasteiger partial charge is 0.481 e. The Hall–Kier alpha value is -2.98. The minimum atomic E-state index is -4.49. The third kappa shape index (κ3) is 4.46. The summed E-state index contributed by atoms with van der Waals surface area (Å²) < 4.78 is 39.0. The number of amides is 1. The SMILES string of the molecule is O=C(O)CCC1CCCCN1C(=O)c1cn(-c2ccc(C(F)(F)F)cn2)nn1. The number of hydrogen-bond donors (Lipinski definition) is 1. The Morgan fingerprint density at radius 2 is 2.04 bits per heavy atom. The van der Waals surface area contributed by atoms with Gasteiger partial charge in [-0.25, -0.2) is 9.67 Å². The number of aliphatic carboxylic acids is 1. The molecule has 1 aliphatic rings. The van der Waals surface area contributed by atoms with Gasteiger partial charge >= 0.3 is 12.1 Å². The van der Waals surface area contributed by atoms with E-state index in [1.165, 1.54) is 6.20 Å². The first-order valence-corrected chi connectivity index (χ1v) is 8.74. The molecule has 3 rings (SSSR count).